The predicted molar refractivity (Wildman–Crippen MR) is 181 cm³/mol. The third-order valence-electron chi connectivity index (χ3n) is 8.25. The lowest BCUT2D eigenvalue weighted by molar-refractivity contribution is -0.165. The topological polar surface area (TPSA) is 201 Å². The Bertz CT molecular complexity index is 1590. The molecule has 2 aromatic rings. The first-order valence-corrected chi connectivity index (χ1v) is 16.1. The van der Waals surface area contributed by atoms with Crippen LogP contribution in [0.25, 0.3) is 0 Å². The molecule has 2 aromatic carbocycles. The Kier molecular flexibility index (Phi) is 14.1. The number of amides is 2. The molecule has 0 aromatic heterocycles. The van der Waals surface area contributed by atoms with Gasteiger partial charge in [0, 0.05) is 18.3 Å². The number of methoxy groups -OCH3 is 2. The van der Waals surface area contributed by atoms with Crippen molar-refractivity contribution in [1.82, 2.24) is 4.90 Å². The molecule has 4 N–H and O–H groups in total. The average Bonchev–Trinajstić information content (AvgIpc) is 3.11. The largest absolute Gasteiger partial charge is 0.493 e. The molecule has 1 fully saturated rings. The molecule has 0 aliphatic carbocycles. The highest BCUT2D eigenvalue weighted by atomic mass is 16.5. The average molecular weight is 696 g/mol. The zero-order chi connectivity index (χ0) is 37.0. The number of ether oxygens (including phenoxy) is 4. The monoisotopic (exact) mass is 695 g/mol. The number of aryl methyl sites for hydroxylation is 1. The van der Waals surface area contributed by atoms with E-state index in [0.717, 1.165) is 11.6 Å². The molecule has 3 rings (SSSR count). The molecule has 3 atom stereocenters. The number of carbonyl (C=O) groups is 6. The van der Waals surface area contributed by atoms with Gasteiger partial charge >= 0.3 is 17.9 Å². The lowest BCUT2D eigenvalue weighted by Crippen LogP contribution is -2.53. The maximum Gasteiger partial charge on any atom is 0.330 e. The number of aliphatic carboxylic acids is 1. The molecule has 0 bridgehead atoms. The predicted octanol–water partition coefficient (Wildman–Crippen LogP) is 3.37. The highest BCUT2D eigenvalue weighted by Crippen LogP contribution is 2.32. The SMILES string of the molecule is C=CC(=O)OCC(C)(C)C(=O)C(=O)N1CCCC[C@H]1C(=O)O[C@H](CCc1ccc(OC)c(OC)c1)c1cccc(NC(=O)C[C@H](N)C(=O)O)c1. The molecule has 14 heteroatoms. The number of carboxylic acids is 1. The van der Waals surface area contributed by atoms with E-state index < -0.39 is 65.5 Å². The number of nitrogens with zero attached hydrogens (tertiary/aromatic N) is 1. The van der Waals surface area contributed by atoms with E-state index in [4.69, 9.17) is 29.8 Å². The van der Waals surface area contributed by atoms with Crippen LogP contribution in [0, 0.1) is 5.41 Å². The molecule has 0 unspecified atom stereocenters. The highest BCUT2D eigenvalue weighted by Gasteiger charge is 2.42. The number of benzene rings is 2. The molecule has 50 heavy (non-hydrogen) atoms. The van der Waals surface area contributed by atoms with Crippen LogP contribution in [0.5, 0.6) is 11.5 Å². The maximum absolute atomic E-state index is 13.9. The third-order valence-corrected chi connectivity index (χ3v) is 8.25. The van der Waals surface area contributed by atoms with Crippen molar-refractivity contribution in [2.75, 3.05) is 32.7 Å². The van der Waals surface area contributed by atoms with Gasteiger partial charge in [0.25, 0.3) is 5.91 Å². The molecule has 270 valence electrons. The van der Waals surface area contributed by atoms with Gasteiger partial charge in [0.15, 0.2) is 11.5 Å². The Morgan fingerprint density at radius 1 is 1.06 bits per heavy atom. The van der Waals surface area contributed by atoms with E-state index >= 15 is 0 Å². The van der Waals surface area contributed by atoms with Crippen molar-refractivity contribution in [3.8, 4) is 11.5 Å². The summed E-state index contributed by atoms with van der Waals surface area (Å²) in [6, 6.07) is 9.56. The van der Waals surface area contributed by atoms with E-state index in [1.54, 1.807) is 36.4 Å². The molecule has 0 radical (unpaired) electrons. The summed E-state index contributed by atoms with van der Waals surface area (Å²) >= 11 is 0. The number of carbonyl (C=O) groups excluding carboxylic acids is 5. The third kappa shape index (κ3) is 10.6. The summed E-state index contributed by atoms with van der Waals surface area (Å²) in [5.41, 5.74) is 5.86. The number of hydrogen-bond acceptors (Lipinski definition) is 11. The molecule has 1 aliphatic rings. The lowest BCUT2D eigenvalue weighted by Gasteiger charge is -2.36. The first kappa shape index (κ1) is 39.2. The van der Waals surface area contributed by atoms with Crippen LogP contribution in [0.15, 0.2) is 55.1 Å². The van der Waals surface area contributed by atoms with E-state index in [0.29, 0.717) is 42.0 Å². The second kappa shape index (κ2) is 18.0. The minimum absolute atomic E-state index is 0.156. The van der Waals surface area contributed by atoms with Crippen molar-refractivity contribution in [1.29, 1.82) is 0 Å². The van der Waals surface area contributed by atoms with Gasteiger partial charge in [-0.15, -0.1) is 0 Å². The number of likely N-dealkylation sites (tertiary alicyclic amines) is 1. The molecule has 0 saturated carbocycles. The Morgan fingerprint density at radius 3 is 2.44 bits per heavy atom. The Hall–Kier alpha value is -5.24. The first-order chi connectivity index (χ1) is 23.7. The van der Waals surface area contributed by atoms with Crippen LogP contribution in [0.3, 0.4) is 0 Å². The smallest absolute Gasteiger partial charge is 0.330 e. The van der Waals surface area contributed by atoms with Crippen molar-refractivity contribution < 1.29 is 52.8 Å². The zero-order valence-corrected chi connectivity index (χ0v) is 28.8. The number of ketones is 1. The van der Waals surface area contributed by atoms with Crippen LogP contribution in [0.1, 0.15) is 63.2 Å². The van der Waals surface area contributed by atoms with Gasteiger partial charge in [-0.25, -0.2) is 9.59 Å². The number of piperidine rings is 1. The number of esters is 2. The number of hydrogen-bond donors (Lipinski definition) is 3. The van der Waals surface area contributed by atoms with Gasteiger partial charge in [0.05, 0.1) is 26.1 Å². The Balaban J connectivity index is 1.87. The van der Waals surface area contributed by atoms with E-state index in [9.17, 15) is 28.8 Å². The number of nitrogens with two attached hydrogens (primary N) is 1. The summed E-state index contributed by atoms with van der Waals surface area (Å²) in [5, 5.41) is 11.7. The van der Waals surface area contributed by atoms with E-state index in [1.807, 2.05) is 6.07 Å². The highest BCUT2D eigenvalue weighted by molar-refractivity contribution is 6.38. The molecular weight excluding hydrogens is 650 g/mol. The zero-order valence-electron chi connectivity index (χ0n) is 28.8. The van der Waals surface area contributed by atoms with Crippen LogP contribution >= 0.6 is 0 Å². The summed E-state index contributed by atoms with van der Waals surface area (Å²) in [5.74, 6) is -3.99. The minimum Gasteiger partial charge on any atom is -0.493 e. The van der Waals surface area contributed by atoms with Crippen LogP contribution in [-0.2, 0) is 44.7 Å². The van der Waals surface area contributed by atoms with Crippen LogP contribution < -0.4 is 20.5 Å². The normalized spacial score (nSPS) is 15.5. The fourth-order valence-corrected chi connectivity index (χ4v) is 5.38. The van der Waals surface area contributed by atoms with Crippen LogP contribution in [0.2, 0.25) is 0 Å². The van der Waals surface area contributed by atoms with E-state index in [1.165, 1.54) is 33.0 Å². The Labute approximate surface area is 290 Å². The van der Waals surface area contributed by atoms with Crippen molar-refractivity contribution >= 4 is 41.2 Å². The molecule has 0 spiro atoms. The van der Waals surface area contributed by atoms with E-state index in [-0.39, 0.29) is 26.0 Å². The summed E-state index contributed by atoms with van der Waals surface area (Å²) in [6.45, 7) is 6.09. The van der Waals surface area contributed by atoms with Crippen molar-refractivity contribution in [2.24, 2.45) is 11.1 Å². The van der Waals surface area contributed by atoms with Gasteiger partial charge in [-0.2, -0.15) is 0 Å². The molecule has 14 nitrogen and oxygen atoms in total. The quantitative estimate of drug-likeness (QED) is 0.124. The van der Waals surface area contributed by atoms with Gasteiger partial charge in [0.2, 0.25) is 11.7 Å². The van der Waals surface area contributed by atoms with Gasteiger partial charge in [-0.3, -0.25) is 19.2 Å². The molecule has 1 heterocycles. The number of carboxylic acid groups (broad SMARTS) is 1. The molecule has 1 saturated heterocycles. The minimum atomic E-state index is -1.38. The van der Waals surface area contributed by atoms with Gasteiger partial charge in [-0.05, 0) is 81.3 Å². The van der Waals surface area contributed by atoms with E-state index in [2.05, 4.69) is 11.9 Å². The fourth-order valence-electron chi connectivity index (χ4n) is 5.38. The maximum atomic E-state index is 13.9. The number of Topliss-reactive ketones (excluding diaryl/α,β-unsaturated/α-hetero) is 1. The van der Waals surface area contributed by atoms with Crippen molar-refractivity contribution in [3.05, 3.63) is 66.2 Å². The number of nitrogens with one attached hydrogen (secondary N) is 1. The second-order valence-electron chi connectivity index (χ2n) is 12.5. The standard InChI is InChI=1S/C36H45N3O11/c1-6-31(41)49-21-36(2,3)32(42)33(43)39-17-8-7-12-26(39)35(46)50-27(15-13-22-14-16-28(47-4)29(18-22)48-5)23-10-9-11-24(19-23)38-30(40)20-25(37)34(44)45/h6,9-11,14,16,18-19,25-27H,1,7-8,12-13,15,17,20-21,37H2,2-5H3,(H,38,40)(H,44,45)/t25-,26-,27+/m0/s1. The second-order valence-corrected chi connectivity index (χ2v) is 12.5. The van der Waals surface area contributed by atoms with Crippen LogP contribution in [0.4, 0.5) is 5.69 Å². The summed E-state index contributed by atoms with van der Waals surface area (Å²) in [6.07, 6.45) is 1.81. The molecule has 2 amide bonds. The summed E-state index contributed by atoms with van der Waals surface area (Å²) < 4.78 is 21.9. The van der Waals surface area contributed by atoms with Gasteiger partial charge in [-0.1, -0.05) is 24.8 Å². The van der Waals surface area contributed by atoms with Gasteiger partial charge in [0.1, 0.15) is 24.8 Å². The first-order valence-electron chi connectivity index (χ1n) is 16.1. The summed E-state index contributed by atoms with van der Waals surface area (Å²) in [7, 11) is 3.05. The number of anilines is 1. The fraction of sp³-hybridized carbons (Fsp3) is 0.444. The molecular formula is C36H45N3O11. The van der Waals surface area contributed by atoms with Gasteiger partial charge < -0.3 is 40.0 Å². The van der Waals surface area contributed by atoms with Crippen molar-refractivity contribution in [3.63, 3.8) is 0 Å². The van der Waals surface area contributed by atoms with Crippen molar-refractivity contribution in [2.45, 2.75) is 70.6 Å². The lowest BCUT2D eigenvalue weighted by atomic mass is 9.87. The van der Waals surface area contributed by atoms with Crippen LogP contribution in [-0.4, -0.2) is 85.0 Å². The number of rotatable bonds is 17. The summed E-state index contributed by atoms with van der Waals surface area (Å²) in [4.78, 5) is 77.1. The Morgan fingerprint density at radius 2 is 1.78 bits per heavy atom. The molecule has 1 aliphatic heterocycles.